The molecule has 0 aromatic rings. The number of rotatable bonds is 4. The Bertz CT molecular complexity index is 875. The zero-order valence-electron chi connectivity index (χ0n) is 21.2. The van der Waals surface area contributed by atoms with Gasteiger partial charge in [-0.05, 0) is 86.5 Å². The lowest BCUT2D eigenvalue weighted by molar-refractivity contribution is -0.298. The van der Waals surface area contributed by atoms with Gasteiger partial charge >= 0.3 is 5.97 Å². The van der Waals surface area contributed by atoms with Gasteiger partial charge in [0.2, 0.25) is 6.29 Å². The van der Waals surface area contributed by atoms with Crippen LogP contribution in [0.1, 0.15) is 71.6 Å². The highest BCUT2D eigenvalue weighted by Crippen LogP contribution is 2.73. The number of carbonyl (C=O) groups excluding carboxylic acids is 1. The number of esters is 1. The Labute approximate surface area is 207 Å². The number of carbonyl (C=O) groups is 1. The van der Waals surface area contributed by atoms with Gasteiger partial charge in [-0.1, -0.05) is 19.9 Å². The van der Waals surface area contributed by atoms with Gasteiger partial charge in [0.15, 0.2) is 0 Å². The number of fused-ring (bicyclic) bond motifs is 3. The summed E-state index contributed by atoms with van der Waals surface area (Å²) in [6, 6.07) is 0. The second-order valence-electron chi connectivity index (χ2n) is 12.6. The van der Waals surface area contributed by atoms with E-state index >= 15 is 0 Å². The van der Waals surface area contributed by atoms with Crippen LogP contribution in [0, 0.1) is 28.1 Å². The molecule has 5 aliphatic rings. The second-order valence-corrected chi connectivity index (χ2v) is 12.6. The van der Waals surface area contributed by atoms with Crippen molar-refractivity contribution in [1.29, 1.82) is 0 Å². The molecular weight excluding hydrogens is 452 g/mol. The van der Waals surface area contributed by atoms with E-state index in [1.165, 1.54) is 5.57 Å². The lowest BCUT2D eigenvalue weighted by atomic mass is 9.41. The Hall–Kier alpha value is -1.03. The van der Waals surface area contributed by atoms with Crippen molar-refractivity contribution in [3.8, 4) is 0 Å². The van der Waals surface area contributed by atoms with Gasteiger partial charge in [-0.25, -0.2) is 0 Å². The minimum atomic E-state index is -1.59. The molecule has 8 nitrogen and oxygen atoms in total. The first-order valence-electron chi connectivity index (χ1n) is 13.2. The fraction of sp³-hybridized carbons (Fsp3) is 0.889. The van der Waals surface area contributed by atoms with Crippen molar-refractivity contribution in [3.05, 3.63) is 12.2 Å². The molecular formula is C27H42O8. The van der Waals surface area contributed by atoms with Gasteiger partial charge in [-0.15, -0.1) is 0 Å². The number of ether oxygens (including phenoxy) is 3. The average molecular weight is 495 g/mol. The van der Waals surface area contributed by atoms with Crippen LogP contribution in [0.5, 0.6) is 0 Å². The van der Waals surface area contributed by atoms with Crippen molar-refractivity contribution in [3.63, 3.8) is 0 Å². The molecule has 0 aromatic carbocycles. The van der Waals surface area contributed by atoms with E-state index in [9.17, 15) is 25.2 Å². The zero-order valence-corrected chi connectivity index (χ0v) is 21.2. The van der Waals surface area contributed by atoms with Gasteiger partial charge in [0.1, 0.15) is 24.4 Å². The summed E-state index contributed by atoms with van der Waals surface area (Å²) in [4.78, 5) is 13.7. The Morgan fingerprint density at radius 1 is 1.06 bits per heavy atom. The van der Waals surface area contributed by atoms with E-state index in [-0.39, 0.29) is 22.3 Å². The summed E-state index contributed by atoms with van der Waals surface area (Å²) in [5.74, 6) is 0.170. The summed E-state index contributed by atoms with van der Waals surface area (Å²) in [5, 5.41) is 40.1. The quantitative estimate of drug-likeness (QED) is 0.346. The third kappa shape index (κ3) is 3.51. The van der Waals surface area contributed by atoms with E-state index in [0.717, 1.165) is 51.4 Å². The molecule has 6 unspecified atom stereocenters. The molecule has 11 atom stereocenters. The van der Waals surface area contributed by atoms with E-state index in [0.29, 0.717) is 12.3 Å². The number of aliphatic hydroxyl groups is 4. The van der Waals surface area contributed by atoms with Gasteiger partial charge in [-0.2, -0.15) is 0 Å². The van der Waals surface area contributed by atoms with E-state index in [2.05, 4.69) is 13.5 Å². The summed E-state index contributed by atoms with van der Waals surface area (Å²) in [7, 11) is 1.81. The average Bonchev–Trinajstić information content (AvgIpc) is 3.03. The molecule has 0 aromatic heterocycles. The maximum absolute atomic E-state index is 13.7. The van der Waals surface area contributed by atoms with E-state index in [1.54, 1.807) is 0 Å². The van der Waals surface area contributed by atoms with Gasteiger partial charge in [0, 0.05) is 7.11 Å². The smallest absolute Gasteiger partial charge is 0.314 e. The second kappa shape index (κ2) is 8.50. The first kappa shape index (κ1) is 25.6. The van der Waals surface area contributed by atoms with E-state index in [4.69, 9.17) is 14.2 Å². The molecule has 8 heteroatoms. The maximum atomic E-state index is 13.7. The molecule has 0 radical (unpaired) electrons. The van der Waals surface area contributed by atoms with Gasteiger partial charge in [0.05, 0.1) is 17.6 Å². The highest BCUT2D eigenvalue weighted by atomic mass is 16.7. The van der Waals surface area contributed by atoms with Crippen LogP contribution in [0.4, 0.5) is 0 Å². The molecule has 4 aliphatic carbocycles. The molecule has 35 heavy (non-hydrogen) atoms. The zero-order chi connectivity index (χ0) is 25.4. The SMILES string of the molecule is C=C1C[C@@]23CC[C@H]4[C@@](C)(CCC[C@@]4(C)C(=O)OC4OC(CO)C(O)C(O)C4O)[C@@H]2CCC1(OC)C3. The van der Waals surface area contributed by atoms with Crippen LogP contribution in [0.15, 0.2) is 12.2 Å². The summed E-state index contributed by atoms with van der Waals surface area (Å²) in [6.07, 6.45) is 1.50. The van der Waals surface area contributed by atoms with Crippen molar-refractivity contribution in [2.45, 2.75) is 108 Å². The third-order valence-corrected chi connectivity index (χ3v) is 11.1. The molecule has 5 fully saturated rings. The summed E-state index contributed by atoms with van der Waals surface area (Å²) in [5.41, 5.74) is 0.434. The standard InChI is InChI=1S/C27H42O8/c1-15-12-26-10-6-17-24(2,18(26)7-11-27(15,14-26)33-4)8-5-9-25(17,3)23(32)35-22-21(31)20(30)19(29)16(13-28)34-22/h16-22,28-31H,1,5-14H2,2-4H3/t16?,17-,18-,19?,20?,21?,22?,24+,25+,26+,27?/m0/s1. The van der Waals surface area contributed by atoms with Crippen LogP contribution in [-0.4, -0.2) is 76.4 Å². The molecule has 1 heterocycles. The lowest BCUT2D eigenvalue weighted by Crippen LogP contribution is -2.62. The van der Waals surface area contributed by atoms with Crippen molar-refractivity contribution in [2.75, 3.05) is 13.7 Å². The number of hydrogen-bond donors (Lipinski definition) is 4. The van der Waals surface area contributed by atoms with Crippen molar-refractivity contribution >= 4 is 5.97 Å². The fourth-order valence-corrected chi connectivity index (χ4v) is 9.30. The van der Waals surface area contributed by atoms with Gasteiger partial charge in [-0.3, -0.25) is 4.79 Å². The van der Waals surface area contributed by atoms with Crippen LogP contribution in [0.2, 0.25) is 0 Å². The highest BCUT2D eigenvalue weighted by molar-refractivity contribution is 5.77. The lowest BCUT2D eigenvalue weighted by Gasteiger charge is -2.64. The molecule has 198 valence electrons. The molecule has 1 aliphatic heterocycles. The Kier molecular flexibility index (Phi) is 6.22. The minimum absolute atomic E-state index is 0.0236. The van der Waals surface area contributed by atoms with Crippen LogP contribution < -0.4 is 0 Å². The normalized spacial score (nSPS) is 53.6. The highest BCUT2D eigenvalue weighted by Gasteiger charge is 2.68. The number of hydrogen-bond acceptors (Lipinski definition) is 8. The molecule has 1 saturated heterocycles. The predicted octanol–water partition coefficient (Wildman–Crippen LogP) is 2.07. The van der Waals surface area contributed by atoms with Crippen LogP contribution in [0.25, 0.3) is 0 Å². The molecule has 5 rings (SSSR count). The topological polar surface area (TPSA) is 126 Å². The van der Waals surface area contributed by atoms with Crippen molar-refractivity contribution in [2.24, 2.45) is 28.1 Å². The summed E-state index contributed by atoms with van der Waals surface area (Å²) in [6.45, 7) is 8.20. The monoisotopic (exact) mass is 494 g/mol. The maximum Gasteiger partial charge on any atom is 0.314 e. The fourth-order valence-electron chi connectivity index (χ4n) is 9.30. The Morgan fingerprint density at radius 3 is 2.46 bits per heavy atom. The first-order valence-corrected chi connectivity index (χ1v) is 13.2. The predicted molar refractivity (Wildman–Crippen MR) is 126 cm³/mol. The summed E-state index contributed by atoms with van der Waals surface area (Å²) < 4.78 is 17.2. The molecule has 4 saturated carbocycles. The number of methoxy groups -OCH3 is 1. The van der Waals surface area contributed by atoms with Crippen molar-refractivity contribution in [1.82, 2.24) is 0 Å². The number of aliphatic hydroxyl groups excluding tert-OH is 4. The molecule has 1 spiro atoms. The van der Waals surface area contributed by atoms with Gasteiger partial charge in [0.25, 0.3) is 0 Å². The van der Waals surface area contributed by atoms with Crippen LogP contribution >= 0.6 is 0 Å². The molecule has 4 N–H and O–H groups in total. The first-order chi connectivity index (χ1) is 16.5. The van der Waals surface area contributed by atoms with Crippen LogP contribution in [0.3, 0.4) is 0 Å². The van der Waals surface area contributed by atoms with Gasteiger partial charge < -0.3 is 34.6 Å². The Morgan fingerprint density at radius 2 is 1.77 bits per heavy atom. The van der Waals surface area contributed by atoms with E-state index in [1.807, 2.05) is 14.0 Å². The molecule has 2 bridgehead atoms. The largest absolute Gasteiger partial charge is 0.432 e. The molecule has 0 amide bonds. The van der Waals surface area contributed by atoms with E-state index < -0.39 is 48.7 Å². The van der Waals surface area contributed by atoms with Crippen molar-refractivity contribution < 1.29 is 39.4 Å². The Balaban J connectivity index is 1.39. The minimum Gasteiger partial charge on any atom is -0.432 e. The third-order valence-electron chi connectivity index (χ3n) is 11.1. The van der Waals surface area contributed by atoms with Crippen LogP contribution in [-0.2, 0) is 19.0 Å². The summed E-state index contributed by atoms with van der Waals surface area (Å²) >= 11 is 0.